The van der Waals surface area contributed by atoms with E-state index in [2.05, 4.69) is 5.16 Å². The molecule has 0 saturated heterocycles. The Hall–Kier alpha value is -2.08. The zero-order valence-electron chi connectivity index (χ0n) is 8.67. The van der Waals surface area contributed by atoms with Gasteiger partial charge in [0.2, 0.25) is 0 Å². The van der Waals surface area contributed by atoms with Crippen LogP contribution in [0, 0.1) is 6.92 Å². The van der Waals surface area contributed by atoms with Crippen molar-refractivity contribution in [3.63, 3.8) is 0 Å². The second kappa shape index (κ2) is 5.72. The molecule has 0 aliphatic rings. The van der Waals surface area contributed by atoms with Gasteiger partial charge < -0.3 is 9.94 Å². The summed E-state index contributed by atoms with van der Waals surface area (Å²) >= 11 is 0. The number of nitrogens with one attached hydrogen (secondary N) is 1. The van der Waals surface area contributed by atoms with E-state index in [-0.39, 0.29) is 12.3 Å². The first-order valence-corrected chi connectivity index (χ1v) is 4.52. The van der Waals surface area contributed by atoms with Crippen LogP contribution in [0.5, 0.6) is 5.75 Å². The topological polar surface area (TPSA) is 91.2 Å². The van der Waals surface area contributed by atoms with Gasteiger partial charge in [-0.25, -0.2) is 5.48 Å². The van der Waals surface area contributed by atoms with Crippen LogP contribution in [0.15, 0.2) is 29.4 Å². The number of carbonyl (C=O) groups excluding carboxylic acids is 1. The number of carbonyl (C=O) groups is 1. The summed E-state index contributed by atoms with van der Waals surface area (Å²) in [4.78, 5) is 10.9. The maximum atomic E-state index is 10.9. The van der Waals surface area contributed by atoms with Crippen LogP contribution in [0.2, 0.25) is 0 Å². The van der Waals surface area contributed by atoms with E-state index in [0.29, 0.717) is 5.75 Å². The minimum Gasteiger partial charge on any atom is -0.487 e. The Morgan fingerprint density at radius 2 is 2.06 bits per heavy atom. The smallest absolute Gasteiger partial charge is 0.296 e. The number of hydrogen-bond donors (Lipinski definition) is 3. The van der Waals surface area contributed by atoms with Crippen LogP contribution in [0.3, 0.4) is 0 Å². The van der Waals surface area contributed by atoms with E-state index in [4.69, 9.17) is 15.2 Å². The number of oxime groups is 1. The molecule has 0 saturated carbocycles. The fourth-order valence-corrected chi connectivity index (χ4v) is 0.991. The Bertz CT molecular complexity index is 386. The van der Waals surface area contributed by atoms with E-state index in [1.54, 1.807) is 12.1 Å². The van der Waals surface area contributed by atoms with Crippen LogP contribution in [0.4, 0.5) is 0 Å². The largest absolute Gasteiger partial charge is 0.487 e. The van der Waals surface area contributed by atoms with Crippen molar-refractivity contribution in [2.24, 2.45) is 5.16 Å². The van der Waals surface area contributed by atoms with Crippen molar-refractivity contribution in [1.82, 2.24) is 5.48 Å². The maximum Gasteiger partial charge on any atom is 0.296 e. The Labute approximate surface area is 92.1 Å². The predicted octanol–water partition coefficient (Wildman–Crippen LogP) is 0.709. The second-order valence-corrected chi connectivity index (χ2v) is 3.09. The summed E-state index contributed by atoms with van der Waals surface area (Å²) in [5, 5.41) is 19.5. The number of hydroxylamine groups is 1. The third kappa shape index (κ3) is 3.25. The monoisotopic (exact) mass is 224 g/mol. The summed E-state index contributed by atoms with van der Waals surface area (Å²) in [6.45, 7) is 1.70. The van der Waals surface area contributed by atoms with Crippen LogP contribution in [-0.2, 0) is 4.79 Å². The molecule has 6 nitrogen and oxygen atoms in total. The van der Waals surface area contributed by atoms with Gasteiger partial charge in [-0.05, 0) is 19.1 Å². The SMILES string of the molecule is Cc1ccc(OC/C(=N/O)C(=O)NO)cc1. The van der Waals surface area contributed by atoms with E-state index < -0.39 is 5.91 Å². The molecule has 6 heteroatoms. The van der Waals surface area contributed by atoms with E-state index in [0.717, 1.165) is 5.56 Å². The van der Waals surface area contributed by atoms with Crippen molar-refractivity contribution in [3.8, 4) is 5.75 Å². The summed E-state index contributed by atoms with van der Waals surface area (Å²) in [5.41, 5.74) is 2.12. The molecule has 0 aliphatic carbocycles. The molecule has 86 valence electrons. The number of amides is 1. The molecule has 0 heterocycles. The molecule has 3 N–H and O–H groups in total. The highest BCUT2D eigenvalue weighted by Gasteiger charge is 2.11. The molecule has 0 radical (unpaired) electrons. The van der Waals surface area contributed by atoms with Crippen LogP contribution < -0.4 is 10.2 Å². The fraction of sp³-hybridized carbons (Fsp3) is 0.200. The zero-order valence-corrected chi connectivity index (χ0v) is 8.67. The summed E-state index contributed by atoms with van der Waals surface area (Å²) in [6.07, 6.45) is 0. The number of nitrogens with zero attached hydrogens (tertiary/aromatic N) is 1. The standard InChI is InChI=1S/C10H12N2O4/c1-7-2-4-8(5-3-7)16-6-9(11-14)10(13)12-15/h2-5,14-15H,6H2,1H3,(H,12,13)/b11-9-. The van der Waals surface area contributed by atoms with E-state index in [1.165, 1.54) is 5.48 Å². The molecule has 0 bridgehead atoms. The number of rotatable bonds is 4. The first-order chi connectivity index (χ1) is 7.67. The number of benzene rings is 1. The van der Waals surface area contributed by atoms with Gasteiger partial charge in [-0.1, -0.05) is 22.9 Å². The second-order valence-electron chi connectivity index (χ2n) is 3.09. The van der Waals surface area contributed by atoms with Gasteiger partial charge in [-0.15, -0.1) is 0 Å². The third-order valence-corrected chi connectivity index (χ3v) is 1.88. The van der Waals surface area contributed by atoms with Crippen LogP contribution in [0.1, 0.15) is 5.56 Å². The lowest BCUT2D eigenvalue weighted by atomic mass is 10.2. The van der Waals surface area contributed by atoms with Crippen molar-refractivity contribution in [1.29, 1.82) is 0 Å². The molecule has 1 amide bonds. The highest BCUT2D eigenvalue weighted by Crippen LogP contribution is 2.11. The van der Waals surface area contributed by atoms with Crippen molar-refractivity contribution in [2.45, 2.75) is 6.92 Å². The first kappa shape index (κ1) is 12.0. The minimum atomic E-state index is -0.908. The summed E-state index contributed by atoms with van der Waals surface area (Å²) < 4.78 is 5.17. The fourth-order valence-electron chi connectivity index (χ4n) is 0.991. The lowest BCUT2D eigenvalue weighted by Gasteiger charge is -2.06. The molecule has 0 unspecified atom stereocenters. The zero-order chi connectivity index (χ0) is 12.0. The van der Waals surface area contributed by atoms with Crippen molar-refractivity contribution < 1.29 is 19.9 Å². The van der Waals surface area contributed by atoms with Crippen LogP contribution in [-0.4, -0.2) is 28.6 Å². The van der Waals surface area contributed by atoms with E-state index >= 15 is 0 Å². The van der Waals surface area contributed by atoms with E-state index in [9.17, 15) is 4.79 Å². The third-order valence-electron chi connectivity index (χ3n) is 1.88. The van der Waals surface area contributed by atoms with Crippen LogP contribution >= 0.6 is 0 Å². The molecular weight excluding hydrogens is 212 g/mol. The number of aryl methyl sites for hydroxylation is 1. The van der Waals surface area contributed by atoms with Gasteiger partial charge >= 0.3 is 0 Å². The number of hydrogen-bond acceptors (Lipinski definition) is 5. The Kier molecular flexibility index (Phi) is 4.28. The molecule has 1 aromatic rings. The lowest BCUT2D eigenvalue weighted by Crippen LogP contribution is -2.32. The molecule has 0 aromatic heterocycles. The molecule has 0 spiro atoms. The average Bonchev–Trinajstić information content (AvgIpc) is 2.31. The van der Waals surface area contributed by atoms with Crippen molar-refractivity contribution in [2.75, 3.05) is 6.61 Å². The van der Waals surface area contributed by atoms with Gasteiger partial charge in [0, 0.05) is 0 Å². The lowest BCUT2D eigenvalue weighted by molar-refractivity contribution is -0.122. The number of ether oxygens (including phenoxy) is 1. The summed E-state index contributed by atoms with van der Waals surface area (Å²) in [7, 11) is 0. The van der Waals surface area contributed by atoms with Crippen molar-refractivity contribution in [3.05, 3.63) is 29.8 Å². The molecule has 0 fully saturated rings. The van der Waals surface area contributed by atoms with Gasteiger partial charge in [-0.3, -0.25) is 10.0 Å². The van der Waals surface area contributed by atoms with Gasteiger partial charge in [0.15, 0.2) is 5.71 Å². The summed E-state index contributed by atoms with van der Waals surface area (Å²) in [6, 6.07) is 7.14. The highest BCUT2D eigenvalue weighted by molar-refractivity contribution is 6.39. The molecular formula is C10H12N2O4. The van der Waals surface area contributed by atoms with Gasteiger partial charge in [0.25, 0.3) is 5.91 Å². The molecule has 0 atom stereocenters. The van der Waals surface area contributed by atoms with Crippen molar-refractivity contribution >= 4 is 11.6 Å². The average molecular weight is 224 g/mol. The Morgan fingerprint density at radius 3 is 2.56 bits per heavy atom. The Morgan fingerprint density at radius 1 is 1.44 bits per heavy atom. The van der Waals surface area contributed by atoms with Gasteiger partial charge in [0.1, 0.15) is 12.4 Å². The Balaban J connectivity index is 2.57. The van der Waals surface area contributed by atoms with Crippen LogP contribution in [0.25, 0.3) is 0 Å². The molecule has 16 heavy (non-hydrogen) atoms. The van der Waals surface area contributed by atoms with Gasteiger partial charge in [0.05, 0.1) is 0 Å². The highest BCUT2D eigenvalue weighted by atomic mass is 16.5. The normalized spacial score (nSPS) is 11.0. The minimum absolute atomic E-state index is 0.230. The molecule has 0 aliphatic heterocycles. The van der Waals surface area contributed by atoms with E-state index in [1.807, 2.05) is 19.1 Å². The molecule has 1 rings (SSSR count). The predicted molar refractivity (Wildman–Crippen MR) is 55.8 cm³/mol. The van der Waals surface area contributed by atoms with Gasteiger partial charge in [-0.2, -0.15) is 0 Å². The maximum absolute atomic E-state index is 10.9. The summed E-state index contributed by atoms with van der Waals surface area (Å²) in [5.74, 6) is -0.368. The first-order valence-electron chi connectivity index (χ1n) is 4.52. The molecule has 1 aromatic carbocycles. The quantitative estimate of drug-likeness (QED) is 0.304.